The van der Waals surface area contributed by atoms with Crippen LogP contribution in [0.3, 0.4) is 0 Å². The van der Waals surface area contributed by atoms with Crippen LogP contribution in [-0.4, -0.2) is 47.6 Å². The molecule has 0 saturated carbocycles. The standard InChI is InChI=1S/C17H21F3N2O/c18-14-5-4-13(10-15(14)19)11-21-7-3-6-17(20,12-21)16(23)22-8-1-2-9-22/h4-5,10H,1-3,6-9,11-12H2. The number of halogens is 3. The number of carbonyl (C=O) groups is 1. The summed E-state index contributed by atoms with van der Waals surface area (Å²) in [7, 11) is 0. The number of alkyl halides is 1. The number of hydrogen-bond donors (Lipinski definition) is 0. The van der Waals surface area contributed by atoms with E-state index < -0.39 is 23.2 Å². The summed E-state index contributed by atoms with van der Waals surface area (Å²) in [5.74, 6) is -2.21. The fraction of sp³-hybridized carbons (Fsp3) is 0.588. The number of hydrogen-bond acceptors (Lipinski definition) is 2. The summed E-state index contributed by atoms with van der Waals surface area (Å²) in [6.07, 6.45) is 2.68. The third-order valence-electron chi connectivity index (χ3n) is 4.69. The molecular weight excluding hydrogens is 305 g/mol. The lowest BCUT2D eigenvalue weighted by Gasteiger charge is -2.38. The largest absolute Gasteiger partial charge is 0.340 e. The molecule has 3 nitrogen and oxygen atoms in total. The van der Waals surface area contributed by atoms with Gasteiger partial charge in [0, 0.05) is 26.2 Å². The van der Waals surface area contributed by atoms with Crippen LogP contribution in [0.25, 0.3) is 0 Å². The lowest BCUT2D eigenvalue weighted by Crippen LogP contribution is -2.54. The first-order valence-corrected chi connectivity index (χ1v) is 8.12. The quantitative estimate of drug-likeness (QED) is 0.853. The molecule has 0 N–H and O–H groups in total. The molecule has 2 saturated heterocycles. The molecule has 0 aromatic heterocycles. The highest BCUT2D eigenvalue weighted by Gasteiger charge is 2.45. The van der Waals surface area contributed by atoms with Crippen molar-refractivity contribution >= 4 is 5.91 Å². The highest BCUT2D eigenvalue weighted by molar-refractivity contribution is 5.85. The van der Waals surface area contributed by atoms with E-state index in [1.165, 1.54) is 6.07 Å². The zero-order valence-electron chi connectivity index (χ0n) is 13.0. The lowest BCUT2D eigenvalue weighted by molar-refractivity contribution is -0.147. The molecule has 23 heavy (non-hydrogen) atoms. The third kappa shape index (κ3) is 3.52. The van der Waals surface area contributed by atoms with E-state index in [0.29, 0.717) is 38.2 Å². The van der Waals surface area contributed by atoms with Crippen molar-refractivity contribution in [3.63, 3.8) is 0 Å². The van der Waals surface area contributed by atoms with E-state index in [1.54, 1.807) is 4.90 Å². The lowest BCUT2D eigenvalue weighted by atomic mass is 9.92. The maximum Gasteiger partial charge on any atom is 0.261 e. The summed E-state index contributed by atoms with van der Waals surface area (Å²) >= 11 is 0. The Morgan fingerprint density at radius 3 is 2.52 bits per heavy atom. The highest BCUT2D eigenvalue weighted by atomic mass is 19.2. The number of likely N-dealkylation sites (tertiary alicyclic amines) is 2. The van der Waals surface area contributed by atoms with E-state index in [4.69, 9.17) is 0 Å². The normalized spacial score (nSPS) is 25.8. The van der Waals surface area contributed by atoms with Crippen LogP contribution in [-0.2, 0) is 11.3 Å². The van der Waals surface area contributed by atoms with E-state index >= 15 is 4.39 Å². The molecule has 0 aliphatic carbocycles. The van der Waals surface area contributed by atoms with Crippen LogP contribution in [0, 0.1) is 11.6 Å². The summed E-state index contributed by atoms with van der Waals surface area (Å²) in [5.41, 5.74) is -1.27. The van der Waals surface area contributed by atoms with Gasteiger partial charge in [-0.1, -0.05) is 6.07 Å². The van der Waals surface area contributed by atoms with E-state index in [0.717, 1.165) is 25.0 Å². The zero-order valence-corrected chi connectivity index (χ0v) is 13.0. The SMILES string of the molecule is O=C(N1CCCC1)C1(F)CCCN(Cc2ccc(F)c(F)c2)C1. The average Bonchev–Trinajstić information content (AvgIpc) is 3.04. The Morgan fingerprint density at radius 1 is 1.09 bits per heavy atom. The van der Waals surface area contributed by atoms with Gasteiger partial charge in [-0.2, -0.15) is 0 Å². The second-order valence-corrected chi connectivity index (χ2v) is 6.53. The summed E-state index contributed by atoms with van der Waals surface area (Å²) in [6.45, 7) is 2.25. The van der Waals surface area contributed by atoms with Crippen molar-refractivity contribution in [2.24, 2.45) is 0 Å². The molecule has 0 spiro atoms. The van der Waals surface area contributed by atoms with E-state index in [2.05, 4.69) is 0 Å². The number of benzene rings is 1. The zero-order chi connectivity index (χ0) is 16.4. The summed E-state index contributed by atoms with van der Waals surface area (Å²) in [6, 6.07) is 3.70. The molecule has 1 amide bonds. The molecule has 0 bridgehead atoms. The summed E-state index contributed by atoms with van der Waals surface area (Å²) in [5, 5.41) is 0. The maximum atomic E-state index is 15.1. The molecule has 1 atom stereocenters. The van der Waals surface area contributed by atoms with Gasteiger partial charge in [0.25, 0.3) is 5.91 Å². The van der Waals surface area contributed by atoms with Crippen molar-refractivity contribution < 1.29 is 18.0 Å². The van der Waals surface area contributed by atoms with Gasteiger partial charge < -0.3 is 4.90 Å². The Bertz CT molecular complexity index is 589. The molecule has 2 aliphatic rings. The number of amides is 1. The Labute approximate surface area is 134 Å². The first-order chi connectivity index (χ1) is 11.0. The third-order valence-corrected chi connectivity index (χ3v) is 4.69. The van der Waals surface area contributed by atoms with Gasteiger partial charge in [0.15, 0.2) is 11.6 Å². The molecule has 3 rings (SSSR count). The summed E-state index contributed by atoms with van der Waals surface area (Å²) < 4.78 is 41.4. The summed E-state index contributed by atoms with van der Waals surface area (Å²) in [4.78, 5) is 15.9. The number of nitrogens with zero attached hydrogens (tertiary/aromatic N) is 2. The van der Waals surface area contributed by atoms with Crippen LogP contribution in [0.5, 0.6) is 0 Å². The smallest absolute Gasteiger partial charge is 0.261 e. The van der Waals surface area contributed by atoms with Gasteiger partial charge in [-0.25, -0.2) is 13.2 Å². The fourth-order valence-corrected chi connectivity index (χ4v) is 3.50. The topological polar surface area (TPSA) is 23.6 Å². The molecule has 0 radical (unpaired) electrons. The van der Waals surface area contributed by atoms with E-state index in [1.807, 2.05) is 4.90 Å². The molecule has 126 valence electrons. The second-order valence-electron chi connectivity index (χ2n) is 6.53. The van der Waals surface area contributed by atoms with Crippen LogP contribution in [0.1, 0.15) is 31.2 Å². The van der Waals surface area contributed by atoms with Crippen LogP contribution in [0.4, 0.5) is 13.2 Å². The van der Waals surface area contributed by atoms with Crippen molar-refractivity contribution in [1.29, 1.82) is 0 Å². The Morgan fingerprint density at radius 2 is 1.83 bits per heavy atom. The van der Waals surface area contributed by atoms with Crippen LogP contribution < -0.4 is 0 Å². The highest BCUT2D eigenvalue weighted by Crippen LogP contribution is 2.30. The number of carbonyl (C=O) groups excluding carboxylic acids is 1. The fourth-order valence-electron chi connectivity index (χ4n) is 3.50. The Balaban J connectivity index is 1.67. The first kappa shape index (κ1) is 16.3. The van der Waals surface area contributed by atoms with Gasteiger partial charge in [0.05, 0.1) is 0 Å². The van der Waals surface area contributed by atoms with E-state index in [-0.39, 0.29) is 13.0 Å². The molecule has 1 unspecified atom stereocenters. The van der Waals surface area contributed by atoms with Crippen molar-refractivity contribution in [2.45, 2.75) is 37.9 Å². The molecule has 1 aromatic rings. The van der Waals surface area contributed by atoms with Crippen molar-refractivity contribution in [3.8, 4) is 0 Å². The van der Waals surface area contributed by atoms with Gasteiger partial charge in [-0.3, -0.25) is 9.69 Å². The maximum absolute atomic E-state index is 15.1. The molecule has 2 aliphatic heterocycles. The minimum Gasteiger partial charge on any atom is -0.340 e. The Hall–Kier alpha value is -1.56. The predicted octanol–water partition coefficient (Wildman–Crippen LogP) is 2.89. The van der Waals surface area contributed by atoms with Crippen molar-refractivity contribution in [1.82, 2.24) is 9.80 Å². The number of piperidine rings is 1. The minimum atomic E-state index is -1.86. The molecular formula is C17H21F3N2O. The minimum absolute atomic E-state index is 0.0152. The molecule has 2 fully saturated rings. The monoisotopic (exact) mass is 326 g/mol. The van der Waals surface area contributed by atoms with Crippen LogP contribution >= 0.6 is 0 Å². The molecule has 1 aromatic carbocycles. The second kappa shape index (κ2) is 6.51. The van der Waals surface area contributed by atoms with Crippen molar-refractivity contribution in [2.75, 3.05) is 26.2 Å². The average molecular weight is 326 g/mol. The molecule has 6 heteroatoms. The van der Waals surface area contributed by atoms with Gasteiger partial charge in [-0.05, 0) is 49.9 Å². The van der Waals surface area contributed by atoms with Gasteiger partial charge in [0.2, 0.25) is 5.67 Å². The van der Waals surface area contributed by atoms with E-state index in [9.17, 15) is 13.6 Å². The van der Waals surface area contributed by atoms with Crippen molar-refractivity contribution in [3.05, 3.63) is 35.4 Å². The van der Waals surface area contributed by atoms with Gasteiger partial charge in [-0.15, -0.1) is 0 Å². The number of rotatable bonds is 3. The van der Waals surface area contributed by atoms with Crippen LogP contribution in [0.15, 0.2) is 18.2 Å². The van der Waals surface area contributed by atoms with Crippen LogP contribution in [0.2, 0.25) is 0 Å². The first-order valence-electron chi connectivity index (χ1n) is 8.12. The Kier molecular flexibility index (Phi) is 4.62. The van der Waals surface area contributed by atoms with Gasteiger partial charge in [0.1, 0.15) is 0 Å². The molecule has 2 heterocycles. The predicted molar refractivity (Wildman–Crippen MR) is 80.5 cm³/mol. The van der Waals surface area contributed by atoms with Gasteiger partial charge >= 0.3 is 0 Å².